The molecule has 0 unspecified atom stereocenters. The number of carbonyl (C=O) groups is 1. The molecule has 0 heterocycles. The van der Waals surface area contributed by atoms with Gasteiger partial charge in [0.1, 0.15) is 11.5 Å². The third kappa shape index (κ3) is 6.27. The van der Waals surface area contributed by atoms with E-state index in [-0.39, 0.29) is 29.3 Å². The summed E-state index contributed by atoms with van der Waals surface area (Å²) >= 11 is 5.11. The van der Waals surface area contributed by atoms with Crippen molar-refractivity contribution in [3.8, 4) is 11.5 Å². The van der Waals surface area contributed by atoms with Crippen LogP contribution in [0.5, 0.6) is 11.5 Å². The second kappa shape index (κ2) is 10.0. The molecule has 0 atom stereocenters. The zero-order valence-corrected chi connectivity index (χ0v) is 19.6. The summed E-state index contributed by atoms with van der Waals surface area (Å²) in [6.07, 6.45) is 12.6. The number of hydrogen-bond acceptors (Lipinski definition) is 4. The summed E-state index contributed by atoms with van der Waals surface area (Å²) in [4.78, 5) is 13.4. The molecule has 0 bridgehead atoms. The Morgan fingerprint density at radius 3 is 2.17 bits per heavy atom. The Morgan fingerprint density at radius 2 is 1.63 bits per heavy atom. The Labute approximate surface area is 186 Å². The first-order chi connectivity index (χ1) is 14.0. The minimum atomic E-state index is -0.308. The van der Waals surface area contributed by atoms with Crippen LogP contribution in [0.4, 0.5) is 0 Å². The smallest absolute Gasteiger partial charge is 0.166 e. The average Bonchev–Trinajstić information content (AvgIpc) is 2.66. The molecule has 2 rings (SSSR count). The van der Waals surface area contributed by atoms with Crippen LogP contribution in [0.3, 0.4) is 0 Å². The first kappa shape index (κ1) is 23.8. The van der Waals surface area contributed by atoms with E-state index in [0.717, 1.165) is 21.7 Å². The number of hydrogen-bond donors (Lipinski definition) is 0. The van der Waals surface area contributed by atoms with Crippen molar-refractivity contribution < 1.29 is 14.3 Å². The molecule has 160 valence electrons. The summed E-state index contributed by atoms with van der Waals surface area (Å²) < 4.78 is 12.1. The van der Waals surface area contributed by atoms with Crippen molar-refractivity contribution in [2.75, 3.05) is 0 Å². The third-order valence-corrected chi connectivity index (χ3v) is 5.01. The van der Waals surface area contributed by atoms with Crippen LogP contribution in [0.1, 0.15) is 52.7 Å². The van der Waals surface area contributed by atoms with Gasteiger partial charge in [0.25, 0.3) is 0 Å². The minimum Gasteiger partial charge on any atom is -0.491 e. The Hall–Kier alpha value is -2.46. The standard InChI is InChI=1S/C26H32O3S/c1-8-26(6,7)22-15-20(11-14-23(27)19-9-12-21(30)13-10-19)24(28-17(2)3)16-25(22)29-18(4)5/h8-19H,1H2,2-7H3/b14-11+. The topological polar surface area (TPSA) is 35.5 Å². The molecule has 30 heavy (non-hydrogen) atoms. The van der Waals surface area contributed by atoms with Crippen LogP contribution in [-0.4, -0.2) is 22.9 Å². The number of thiocarbonyl (C=S) groups is 1. The van der Waals surface area contributed by atoms with Crippen molar-refractivity contribution in [3.05, 3.63) is 66.3 Å². The van der Waals surface area contributed by atoms with Crippen molar-refractivity contribution in [2.45, 2.75) is 59.2 Å². The predicted octanol–water partition coefficient (Wildman–Crippen LogP) is 6.42. The highest BCUT2D eigenvalue weighted by molar-refractivity contribution is 7.81. The molecule has 3 nitrogen and oxygen atoms in total. The van der Waals surface area contributed by atoms with Gasteiger partial charge in [-0.1, -0.05) is 44.3 Å². The highest BCUT2D eigenvalue weighted by Gasteiger charge is 2.24. The molecule has 0 saturated carbocycles. The van der Waals surface area contributed by atoms with Gasteiger partial charge in [-0.15, -0.1) is 6.58 Å². The SMILES string of the molecule is C=CC(C)(C)c1cc(/C=C/C(=O)C2C=CC(=S)C=C2)c(OC(C)C)cc1OC(C)C. The van der Waals surface area contributed by atoms with Crippen molar-refractivity contribution >= 4 is 28.9 Å². The van der Waals surface area contributed by atoms with Gasteiger partial charge >= 0.3 is 0 Å². The monoisotopic (exact) mass is 424 g/mol. The van der Waals surface area contributed by atoms with E-state index in [2.05, 4.69) is 20.4 Å². The second-order valence-corrected chi connectivity index (χ2v) is 9.00. The predicted molar refractivity (Wildman–Crippen MR) is 130 cm³/mol. The molecular formula is C26H32O3S. The first-order valence-electron chi connectivity index (χ1n) is 10.3. The molecule has 0 amide bonds. The van der Waals surface area contributed by atoms with E-state index in [4.69, 9.17) is 21.7 Å². The van der Waals surface area contributed by atoms with Crippen LogP contribution in [0.2, 0.25) is 0 Å². The number of rotatable bonds is 9. The highest BCUT2D eigenvalue weighted by Crippen LogP contribution is 2.39. The maximum absolute atomic E-state index is 12.6. The van der Waals surface area contributed by atoms with Crippen LogP contribution in [0.25, 0.3) is 6.08 Å². The highest BCUT2D eigenvalue weighted by atomic mass is 32.1. The largest absolute Gasteiger partial charge is 0.491 e. The van der Waals surface area contributed by atoms with Gasteiger partial charge in [-0.3, -0.25) is 4.79 Å². The lowest BCUT2D eigenvalue weighted by Gasteiger charge is -2.27. The fraction of sp³-hybridized carbons (Fsp3) is 0.385. The van der Waals surface area contributed by atoms with E-state index in [0.29, 0.717) is 5.75 Å². The number of allylic oxidation sites excluding steroid dienone is 6. The van der Waals surface area contributed by atoms with Gasteiger partial charge in [-0.05, 0) is 58.1 Å². The van der Waals surface area contributed by atoms with Crippen LogP contribution in [-0.2, 0) is 10.2 Å². The Bertz CT molecular complexity index is 885. The quantitative estimate of drug-likeness (QED) is 0.260. The molecule has 0 fully saturated rings. The van der Waals surface area contributed by atoms with Crippen molar-refractivity contribution in [1.29, 1.82) is 0 Å². The third-order valence-electron chi connectivity index (χ3n) is 4.73. The molecule has 0 saturated heterocycles. The second-order valence-electron chi connectivity index (χ2n) is 8.53. The summed E-state index contributed by atoms with van der Waals surface area (Å²) in [5.41, 5.74) is 1.52. The molecule has 4 heteroatoms. The first-order valence-corrected chi connectivity index (χ1v) is 10.7. The Morgan fingerprint density at radius 1 is 1.07 bits per heavy atom. The number of carbonyl (C=O) groups excluding carboxylic acids is 1. The average molecular weight is 425 g/mol. The summed E-state index contributed by atoms with van der Waals surface area (Å²) in [6.45, 7) is 16.1. The van der Waals surface area contributed by atoms with Crippen molar-refractivity contribution in [2.24, 2.45) is 5.92 Å². The molecule has 0 aromatic heterocycles. The van der Waals surface area contributed by atoms with Crippen LogP contribution in [0, 0.1) is 5.92 Å². The molecule has 0 spiro atoms. The molecule has 0 radical (unpaired) electrons. The van der Waals surface area contributed by atoms with Gasteiger partial charge < -0.3 is 9.47 Å². The van der Waals surface area contributed by atoms with Gasteiger partial charge in [0.15, 0.2) is 5.78 Å². The lowest BCUT2D eigenvalue weighted by Crippen LogP contribution is -2.18. The van der Waals surface area contributed by atoms with Gasteiger partial charge in [0.05, 0.1) is 18.1 Å². The number of benzene rings is 1. The molecule has 1 aliphatic rings. The molecule has 1 aromatic rings. The van der Waals surface area contributed by atoms with Gasteiger partial charge in [-0.25, -0.2) is 0 Å². The number of ketones is 1. The van der Waals surface area contributed by atoms with E-state index in [1.807, 2.05) is 64.1 Å². The molecule has 0 aliphatic heterocycles. The Kier molecular flexibility index (Phi) is 7.96. The van der Waals surface area contributed by atoms with Gasteiger partial charge in [0, 0.05) is 27.5 Å². The molecular weight excluding hydrogens is 392 g/mol. The van der Waals surface area contributed by atoms with Crippen molar-refractivity contribution in [1.82, 2.24) is 0 Å². The fourth-order valence-corrected chi connectivity index (χ4v) is 3.18. The van der Waals surface area contributed by atoms with E-state index in [1.54, 1.807) is 18.2 Å². The number of ether oxygens (including phenoxy) is 2. The van der Waals surface area contributed by atoms with Crippen molar-refractivity contribution in [3.63, 3.8) is 0 Å². The van der Waals surface area contributed by atoms with Gasteiger partial charge in [-0.2, -0.15) is 0 Å². The van der Waals surface area contributed by atoms with E-state index in [1.165, 1.54) is 0 Å². The van der Waals surface area contributed by atoms with Crippen LogP contribution in [0.15, 0.2) is 55.2 Å². The molecule has 1 aliphatic carbocycles. The zero-order chi connectivity index (χ0) is 22.5. The normalized spacial score (nSPS) is 14.7. The summed E-state index contributed by atoms with van der Waals surface area (Å²) in [5, 5.41) is 0. The maximum atomic E-state index is 12.6. The molecule has 1 aromatic carbocycles. The van der Waals surface area contributed by atoms with E-state index >= 15 is 0 Å². The van der Waals surface area contributed by atoms with E-state index < -0.39 is 0 Å². The van der Waals surface area contributed by atoms with Crippen LogP contribution < -0.4 is 9.47 Å². The summed E-state index contributed by atoms with van der Waals surface area (Å²) in [7, 11) is 0. The van der Waals surface area contributed by atoms with Crippen LogP contribution >= 0.6 is 12.2 Å². The Balaban J connectivity index is 2.49. The minimum absolute atomic E-state index is 0.00691. The zero-order valence-electron chi connectivity index (χ0n) is 18.8. The lowest BCUT2D eigenvalue weighted by molar-refractivity contribution is -0.115. The summed E-state index contributed by atoms with van der Waals surface area (Å²) in [5.74, 6) is 1.15. The fourth-order valence-electron chi connectivity index (χ4n) is 3.02. The molecule has 0 N–H and O–H groups in total. The lowest BCUT2D eigenvalue weighted by atomic mass is 9.83. The maximum Gasteiger partial charge on any atom is 0.166 e. The summed E-state index contributed by atoms with van der Waals surface area (Å²) in [6, 6.07) is 3.95. The van der Waals surface area contributed by atoms with E-state index in [9.17, 15) is 4.79 Å². The van der Waals surface area contributed by atoms with Gasteiger partial charge in [0.2, 0.25) is 0 Å².